The molecular formula is C23H17N2OSU-. The average Bonchev–Trinajstić information content (AvgIpc) is 3.13. The molecule has 1 aromatic heterocycles. The van der Waals surface area contributed by atoms with Gasteiger partial charge in [0, 0.05) is 42.2 Å². The predicted molar refractivity (Wildman–Crippen MR) is 115 cm³/mol. The standard InChI is InChI=1S/C23H17N2OS.U/c1-14-18-8-4-3-7-16(18)12-17(21(14)26)13-24-23-25-20-11-10-15-6-2-5-9-19(15)22(20)27-23;/h2-13,26H,1H3,(H,24,25);/q-1;. The molecule has 0 radical (unpaired) electrons. The number of hydrogen-bond donors (Lipinski definition) is 2. The monoisotopic (exact) mass is 607 g/mol. The molecular weight excluding hydrogens is 590 g/mol. The third-order valence-electron chi connectivity index (χ3n) is 4.94. The minimum atomic E-state index is 0. The van der Waals surface area contributed by atoms with E-state index in [-0.39, 0.29) is 31.1 Å². The van der Waals surface area contributed by atoms with Gasteiger partial charge in [0.2, 0.25) is 0 Å². The maximum absolute atomic E-state index is 10.6. The van der Waals surface area contributed by atoms with Gasteiger partial charge in [-0.3, -0.25) is 0 Å². The molecule has 0 aliphatic heterocycles. The molecule has 0 bridgehead atoms. The number of phenolic OH excluding ortho intramolecular Hbond substituents is 1. The second-order valence-electron chi connectivity index (χ2n) is 6.60. The Morgan fingerprint density at radius 3 is 2.46 bits per heavy atom. The van der Waals surface area contributed by atoms with Gasteiger partial charge in [-0.25, -0.2) is 4.98 Å². The molecule has 136 valence electrons. The summed E-state index contributed by atoms with van der Waals surface area (Å²) >= 11 is 1.62. The molecule has 0 aliphatic rings. The Bertz CT molecular complexity index is 1310. The molecule has 0 saturated heterocycles. The van der Waals surface area contributed by atoms with Gasteiger partial charge in [0.15, 0.2) is 5.13 Å². The third kappa shape index (κ3) is 3.24. The number of anilines is 1. The van der Waals surface area contributed by atoms with Crippen LogP contribution in [0.1, 0.15) is 11.1 Å². The number of fused-ring (bicyclic) bond motifs is 4. The number of aromatic hydroxyl groups is 1. The maximum Gasteiger partial charge on any atom is 0.176 e. The van der Waals surface area contributed by atoms with Crippen LogP contribution in [0.4, 0.5) is 5.13 Å². The van der Waals surface area contributed by atoms with Gasteiger partial charge in [-0.2, -0.15) is 6.07 Å². The number of phenols is 1. The average molecular weight is 607 g/mol. The summed E-state index contributed by atoms with van der Waals surface area (Å²) in [6, 6.07) is 22.6. The molecule has 0 amide bonds. The minimum Gasteiger partial charge on any atom is -0.565 e. The second kappa shape index (κ2) is 7.68. The van der Waals surface area contributed by atoms with Crippen LogP contribution in [0.5, 0.6) is 5.75 Å². The molecule has 5 rings (SSSR count). The van der Waals surface area contributed by atoms with Crippen LogP contribution in [0.25, 0.3) is 31.8 Å². The Morgan fingerprint density at radius 2 is 1.64 bits per heavy atom. The van der Waals surface area contributed by atoms with E-state index in [9.17, 15) is 5.11 Å². The van der Waals surface area contributed by atoms with Gasteiger partial charge in [-0.15, -0.1) is 5.56 Å². The summed E-state index contributed by atoms with van der Waals surface area (Å²) in [6.07, 6.45) is 0. The number of benzene rings is 4. The number of nitrogens with zero attached hydrogens (tertiary/aromatic N) is 1. The largest absolute Gasteiger partial charge is 0.565 e. The fourth-order valence-electron chi connectivity index (χ4n) is 3.51. The zero-order valence-electron chi connectivity index (χ0n) is 15.2. The first-order valence-corrected chi connectivity index (χ1v) is 9.62. The zero-order chi connectivity index (χ0) is 18.4. The Kier molecular flexibility index (Phi) is 5.25. The number of aryl methyl sites for hydroxylation is 1. The van der Waals surface area contributed by atoms with E-state index in [4.69, 9.17) is 0 Å². The SMILES string of the molecule is Cc1c(O)c([CH-]Nc2nc3ccc4ccccc4c3s2)cc2ccccc12.[U]. The summed E-state index contributed by atoms with van der Waals surface area (Å²) in [5.74, 6) is 0.299. The molecule has 0 unspecified atom stereocenters. The van der Waals surface area contributed by atoms with Crippen molar-refractivity contribution in [2.45, 2.75) is 6.92 Å². The summed E-state index contributed by atoms with van der Waals surface area (Å²) in [7, 11) is 0. The van der Waals surface area contributed by atoms with Crippen LogP contribution in [0, 0.1) is 44.6 Å². The van der Waals surface area contributed by atoms with Crippen molar-refractivity contribution in [1.29, 1.82) is 0 Å². The van der Waals surface area contributed by atoms with E-state index < -0.39 is 0 Å². The van der Waals surface area contributed by atoms with Gasteiger partial charge < -0.3 is 10.4 Å². The van der Waals surface area contributed by atoms with Gasteiger partial charge >= 0.3 is 0 Å². The first-order chi connectivity index (χ1) is 13.2. The molecule has 0 atom stereocenters. The molecule has 0 saturated carbocycles. The van der Waals surface area contributed by atoms with Crippen LogP contribution in [0.3, 0.4) is 0 Å². The Labute approximate surface area is 190 Å². The van der Waals surface area contributed by atoms with Crippen LogP contribution in [-0.2, 0) is 0 Å². The van der Waals surface area contributed by atoms with Gasteiger partial charge in [-0.05, 0) is 23.8 Å². The minimum absolute atomic E-state index is 0. The molecule has 5 aromatic rings. The van der Waals surface area contributed by atoms with Gasteiger partial charge in [0.05, 0.1) is 10.2 Å². The van der Waals surface area contributed by atoms with Gasteiger partial charge in [0.1, 0.15) is 0 Å². The fourth-order valence-corrected chi connectivity index (χ4v) is 4.48. The molecule has 1 heterocycles. The third-order valence-corrected chi connectivity index (χ3v) is 5.97. The van der Waals surface area contributed by atoms with Crippen molar-refractivity contribution in [2.75, 3.05) is 5.32 Å². The molecule has 4 aromatic carbocycles. The summed E-state index contributed by atoms with van der Waals surface area (Å²) in [5.41, 5.74) is 2.63. The maximum atomic E-state index is 10.6. The Morgan fingerprint density at radius 1 is 0.929 bits per heavy atom. The van der Waals surface area contributed by atoms with E-state index in [1.807, 2.05) is 43.8 Å². The van der Waals surface area contributed by atoms with Crippen LogP contribution >= 0.6 is 11.3 Å². The number of aromatic nitrogens is 1. The quantitative estimate of drug-likeness (QED) is 0.239. The van der Waals surface area contributed by atoms with Crippen LogP contribution in [-0.4, -0.2) is 10.1 Å². The zero-order valence-corrected chi connectivity index (χ0v) is 20.2. The van der Waals surface area contributed by atoms with Crippen molar-refractivity contribution in [1.82, 2.24) is 4.98 Å². The van der Waals surface area contributed by atoms with Gasteiger partial charge in [0.25, 0.3) is 0 Å². The van der Waals surface area contributed by atoms with Crippen molar-refractivity contribution in [2.24, 2.45) is 0 Å². The van der Waals surface area contributed by atoms with E-state index in [0.717, 1.165) is 32.5 Å². The van der Waals surface area contributed by atoms with E-state index in [1.165, 1.54) is 15.5 Å². The van der Waals surface area contributed by atoms with E-state index in [2.05, 4.69) is 46.7 Å². The van der Waals surface area contributed by atoms with Crippen molar-refractivity contribution >= 4 is 48.2 Å². The normalized spacial score (nSPS) is 10.9. The van der Waals surface area contributed by atoms with Crippen LogP contribution in [0.2, 0.25) is 0 Å². The van der Waals surface area contributed by atoms with Crippen LogP contribution in [0.15, 0.2) is 66.7 Å². The summed E-state index contributed by atoms with van der Waals surface area (Å²) in [6.45, 7) is 3.77. The summed E-state index contributed by atoms with van der Waals surface area (Å²) in [4.78, 5) is 4.69. The Hall–Kier alpha value is -2.19. The molecule has 0 aliphatic carbocycles. The van der Waals surface area contributed by atoms with Crippen molar-refractivity contribution < 1.29 is 36.2 Å². The summed E-state index contributed by atoms with van der Waals surface area (Å²) in [5, 5.41) is 19.3. The van der Waals surface area contributed by atoms with E-state index in [1.54, 1.807) is 11.3 Å². The molecule has 2 N–H and O–H groups in total. The smallest absolute Gasteiger partial charge is 0.176 e. The second-order valence-corrected chi connectivity index (χ2v) is 7.60. The van der Waals surface area contributed by atoms with E-state index in [0.29, 0.717) is 5.75 Å². The predicted octanol–water partition coefficient (Wildman–Crippen LogP) is 6.24. The molecule has 0 spiro atoms. The van der Waals surface area contributed by atoms with Crippen molar-refractivity contribution in [3.63, 3.8) is 0 Å². The molecule has 0 fully saturated rings. The first-order valence-electron chi connectivity index (χ1n) is 8.80. The number of nitrogens with one attached hydrogen (secondary N) is 1. The number of hydrogen-bond acceptors (Lipinski definition) is 4. The molecule has 28 heavy (non-hydrogen) atoms. The fraction of sp³-hybridized carbons (Fsp3) is 0.0435. The number of rotatable bonds is 3. The topological polar surface area (TPSA) is 45.1 Å². The molecule has 3 nitrogen and oxygen atoms in total. The Balaban J connectivity index is 0.00000192. The molecule has 5 heteroatoms. The van der Waals surface area contributed by atoms with Crippen molar-refractivity contribution in [3.8, 4) is 5.75 Å². The van der Waals surface area contributed by atoms with Gasteiger partial charge in [-0.1, -0.05) is 83.4 Å². The first kappa shape index (κ1) is 19.1. The van der Waals surface area contributed by atoms with Crippen LogP contribution < -0.4 is 5.32 Å². The van der Waals surface area contributed by atoms with E-state index >= 15 is 0 Å². The number of thiazole rings is 1. The summed E-state index contributed by atoms with van der Waals surface area (Å²) < 4.78 is 1.17. The van der Waals surface area contributed by atoms with Crippen molar-refractivity contribution in [3.05, 3.63) is 84.4 Å².